The van der Waals surface area contributed by atoms with Gasteiger partial charge in [0.1, 0.15) is 5.82 Å². The molecule has 2 heterocycles. The lowest BCUT2D eigenvalue weighted by molar-refractivity contribution is 0.727. The summed E-state index contributed by atoms with van der Waals surface area (Å²) in [5.41, 5.74) is 7.29. The second-order valence-electron chi connectivity index (χ2n) is 5.38. The Labute approximate surface area is 150 Å². The second-order valence-corrected chi connectivity index (χ2v) is 6.32. The van der Waals surface area contributed by atoms with Crippen molar-refractivity contribution in [3.63, 3.8) is 0 Å². The number of nitrogens with zero attached hydrogens (tertiary/aromatic N) is 4. The number of nitrogens with two attached hydrogens (primary N) is 1. The van der Waals surface area contributed by atoms with Crippen LogP contribution in [0.1, 0.15) is 11.4 Å². The van der Waals surface area contributed by atoms with E-state index in [1.807, 2.05) is 41.9 Å². The van der Waals surface area contributed by atoms with E-state index in [2.05, 4.69) is 10.2 Å². The number of hydrogen-bond acceptors (Lipinski definition) is 5. The van der Waals surface area contributed by atoms with Crippen LogP contribution in [-0.2, 0) is 26.3 Å². The first-order valence-corrected chi connectivity index (χ1v) is 8.39. The van der Waals surface area contributed by atoms with E-state index in [4.69, 9.17) is 5.73 Å². The molecule has 0 aliphatic rings. The molecule has 0 bridgehead atoms. The van der Waals surface area contributed by atoms with E-state index in [0.29, 0.717) is 18.7 Å². The zero-order valence-electron chi connectivity index (χ0n) is 13.6. The lowest BCUT2D eigenvalue weighted by atomic mass is 10.1. The standard InChI is InChI=1S/C16H19N5OS.ClH/c1-20-13-6-4-3-5-11(13)9-12(15(20)22)10-23-16-19-18-14(7-8-17)21(16)2;/h3-6,9H,7-8,10,17H2,1-2H3;1H. The van der Waals surface area contributed by atoms with Crippen molar-refractivity contribution in [2.24, 2.45) is 19.8 Å². The van der Waals surface area contributed by atoms with Crippen molar-refractivity contribution in [3.05, 3.63) is 52.1 Å². The van der Waals surface area contributed by atoms with E-state index in [9.17, 15) is 4.79 Å². The number of aryl methyl sites for hydroxylation is 1. The molecule has 0 fully saturated rings. The minimum atomic E-state index is 0. The van der Waals surface area contributed by atoms with Gasteiger partial charge in [0, 0.05) is 31.8 Å². The smallest absolute Gasteiger partial charge is 0.254 e. The highest BCUT2D eigenvalue weighted by atomic mass is 35.5. The maximum Gasteiger partial charge on any atom is 0.254 e. The van der Waals surface area contributed by atoms with E-state index < -0.39 is 0 Å². The molecule has 3 aromatic rings. The highest BCUT2D eigenvalue weighted by Gasteiger charge is 2.11. The normalized spacial score (nSPS) is 10.8. The van der Waals surface area contributed by atoms with Crippen molar-refractivity contribution in [3.8, 4) is 0 Å². The SMILES string of the molecule is Cl.Cn1c(CCN)nnc1SCc1cc2ccccc2n(C)c1=O. The monoisotopic (exact) mass is 365 g/mol. The van der Waals surface area contributed by atoms with Crippen molar-refractivity contribution in [2.45, 2.75) is 17.3 Å². The fraction of sp³-hybridized carbons (Fsp3) is 0.312. The number of rotatable bonds is 5. The Balaban J connectivity index is 0.00000208. The highest BCUT2D eigenvalue weighted by Crippen LogP contribution is 2.21. The molecule has 0 aliphatic heterocycles. The Hall–Kier alpha value is -1.83. The fourth-order valence-corrected chi connectivity index (χ4v) is 3.44. The van der Waals surface area contributed by atoms with Gasteiger partial charge in [-0.15, -0.1) is 22.6 Å². The molecule has 0 unspecified atom stereocenters. The van der Waals surface area contributed by atoms with Gasteiger partial charge in [-0.1, -0.05) is 30.0 Å². The van der Waals surface area contributed by atoms with Crippen molar-refractivity contribution in [2.75, 3.05) is 6.54 Å². The molecule has 0 spiro atoms. The number of fused-ring (bicyclic) bond motifs is 1. The molecular weight excluding hydrogens is 346 g/mol. The van der Waals surface area contributed by atoms with Gasteiger partial charge in [-0.2, -0.15) is 0 Å². The van der Waals surface area contributed by atoms with Crippen molar-refractivity contribution in [1.29, 1.82) is 0 Å². The Morgan fingerprint density at radius 3 is 2.67 bits per heavy atom. The van der Waals surface area contributed by atoms with Crippen LogP contribution in [0, 0.1) is 0 Å². The summed E-state index contributed by atoms with van der Waals surface area (Å²) in [5.74, 6) is 1.42. The third-order valence-corrected chi connectivity index (χ3v) is 4.93. The summed E-state index contributed by atoms with van der Waals surface area (Å²) in [6.07, 6.45) is 0.696. The molecule has 128 valence electrons. The molecule has 0 radical (unpaired) electrons. The van der Waals surface area contributed by atoms with Gasteiger partial charge in [0.05, 0.1) is 5.52 Å². The van der Waals surface area contributed by atoms with Gasteiger partial charge in [0.25, 0.3) is 5.56 Å². The highest BCUT2D eigenvalue weighted by molar-refractivity contribution is 7.98. The minimum absolute atomic E-state index is 0. The quantitative estimate of drug-likeness (QED) is 0.698. The van der Waals surface area contributed by atoms with Gasteiger partial charge in [-0.05, 0) is 24.1 Å². The first-order valence-electron chi connectivity index (χ1n) is 7.40. The summed E-state index contributed by atoms with van der Waals surface area (Å²) in [5, 5.41) is 10.2. The largest absolute Gasteiger partial charge is 0.330 e. The molecule has 0 aliphatic carbocycles. The van der Waals surface area contributed by atoms with Crippen LogP contribution >= 0.6 is 24.2 Å². The lowest BCUT2D eigenvalue weighted by Gasteiger charge is -2.08. The van der Waals surface area contributed by atoms with Gasteiger partial charge in [-0.3, -0.25) is 4.79 Å². The van der Waals surface area contributed by atoms with Gasteiger partial charge >= 0.3 is 0 Å². The van der Waals surface area contributed by atoms with Gasteiger partial charge in [0.15, 0.2) is 5.16 Å². The molecule has 0 amide bonds. The van der Waals surface area contributed by atoms with E-state index in [-0.39, 0.29) is 18.0 Å². The van der Waals surface area contributed by atoms with Crippen molar-refractivity contribution < 1.29 is 0 Å². The average Bonchev–Trinajstić information content (AvgIpc) is 2.90. The molecule has 0 atom stereocenters. The van der Waals surface area contributed by atoms with E-state index in [1.54, 1.807) is 11.6 Å². The maximum absolute atomic E-state index is 12.5. The zero-order chi connectivity index (χ0) is 16.4. The molecular formula is C16H20ClN5OS. The fourth-order valence-electron chi connectivity index (χ4n) is 2.55. The molecule has 2 aromatic heterocycles. The minimum Gasteiger partial charge on any atom is -0.330 e. The topological polar surface area (TPSA) is 78.7 Å². The predicted molar refractivity (Wildman–Crippen MR) is 99.8 cm³/mol. The summed E-state index contributed by atoms with van der Waals surface area (Å²) in [4.78, 5) is 12.5. The Morgan fingerprint density at radius 2 is 1.92 bits per heavy atom. The second kappa shape index (κ2) is 7.83. The average molecular weight is 366 g/mol. The van der Waals surface area contributed by atoms with Gasteiger partial charge in [0.2, 0.25) is 0 Å². The Bertz CT molecular complexity index is 905. The van der Waals surface area contributed by atoms with Crippen LogP contribution in [0.25, 0.3) is 10.9 Å². The molecule has 8 heteroatoms. The molecule has 1 aromatic carbocycles. The number of benzene rings is 1. The van der Waals surface area contributed by atoms with Crippen LogP contribution in [0.4, 0.5) is 0 Å². The molecule has 0 saturated heterocycles. The number of pyridine rings is 1. The molecule has 6 nitrogen and oxygen atoms in total. The summed E-state index contributed by atoms with van der Waals surface area (Å²) < 4.78 is 3.63. The van der Waals surface area contributed by atoms with Crippen LogP contribution < -0.4 is 11.3 Å². The third-order valence-electron chi connectivity index (χ3n) is 3.86. The lowest BCUT2D eigenvalue weighted by Crippen LogP contribution is -2.20. The van der Waals surface area contributed by atoms with Crippen molar-refractivity contribution >= 4 is 35.1 Å². The first-order chi connectivity index (χ1) is 11.1. The van der Waals surface area contributed by atoms with Gasteiger partial charge < -0.3 is 14.9 Å². The van der Waals surface area contributed by atoms with Crippen molar-refractivity contribution in [1.82, 2.24) is 19.3 Å². The van der Waals surface area contributed by atoms with Gasteiger partial charge in [-0.25, -0.2) is 0 Å². The number of thioether (sulfide) groups is 1. The maximum atomic E-state index is 12.5. The first kappa shape index (κ1) is 18.5. The molecule has 24 heavy (non-hydrogen) atoms. The molecule has 2 N–H and O–H groups in total. The van der Waals surface area contributed by atoms with Crippen LogP contribution in [0.15, 0.2) is 40.3 Å². The summed E-state index contributed by atoms with van der Waals surface area (Å²) in [6, 6.07) is 9.85. The summed E-state index contributed by atoms with van der Waals surface area (Å²) >= 11 is 1.51. The third kappa shape index (κ3) is 3.48. The van der Waals surface area contributed by atoms with Crippen LogP contribution in [0.5, 0.6) is 0 Å². The van der Waals surface area contributed by atoms with E-state index in [0.717, 1.165) is 27.4 Å². The van der Waals surface area contributed by atoms with E-state index >= 15 is 0 Å². The Morgan fingerprint density at radius 1 is 1.17 bits per heavy atom. The Kier molecular flexibility index (Phi) is 6.04. The number of halogens is 1. The van der Waals surface area contributed by atoms with E-state index in [1.165, 1.54) is 11.8 Å². The molecule has 0 saturated carbocycles. The van der Waals surface area contributed by atoms with Crippen LogP contribution in [0.2, 0.25) is 0 Å². The molecule has 3 rings (SSSR count). The summed E-state index contributed by atoms with van der Waals surface area (Å²) in [7, 11) is 3.73. The number of aromatic nitrogens is 4. The van der Waals surface area contributed by atoms with Crippen LogP contribution in [-0.4, -0.2) is 25.9 Å². The number of para-hydroxylation sites is 1. The summed E-state index contributed by atoms with van der Waals surface area (Å²) in [6.45, 7) is 0.544. The zero-order valence-corrected chi connectivity index (χ0v) is 15.2. The predicted octanol–water partition coefficient (Wildman–Crippen LogP) is 1.88. The number of hydrogen-bond donors (Lipinski definition) is 1. The van der Waals surface area contributed by atoms with Crippen LogP contribution in [0.3, 0.4) is 0 Å².